The minimum atomic E-state index is -1.83. The van der Waals surface area contributed by atoms with Crippen LogP contribution in [-0.4, -0.2) is 21.0 Å². The Kier molecular flexibility index (Phi) is 9.04. The highest BCUT2D eigenvalue weighted by Gasteiger charge is 2.35. The van der Waals surface area contributed by atoms with Crippen LogP contribution in [0.25, 0.3) is 0 Å². The first-order valence-electron chi connectivity index (χ1n) is 8.97. The van der Waals surface area contributed by atoms with Gasteiger partial charge in [-0.3, -0.25) is 4.79 Å². The Bertz CT molecular complexity index is 867. The molecule has 4 nitrogen and oxygen atoms in total. The molecule has 0 aliphatic rings. The minimum Gasteiger partial charge on any atom is -0.339 e. The topological polar surface area (TPSA) is 53.2 Å². The first kappa shape index (κ1) is 24.2. The van der Waals surface area contributed by atoms with Gasteiger partial charge in [-0.1, -0.05) is 88.8 Å². The second-order valence-corrected chi connectivity index (χ2v) is 9.91. The summed E-state index contributed by atoms with van der Waals surface area (Å²) in [5.74, 6) is -0.402. The normalized spacial score (nSPS) is 12.2. The average molecular weight is 538 g/mol. The number of hydrogen-bond donors (Lipinski definition) is 3. The third kappa shape index (κ3) is 7.00. The monoisotopic (exact) mass is 535 g/mol. The van der Waals surface area contributed by atoms with Gasteiger partial charge in [0.05, 0.1) is 0 Å². The number of benzene rings is 2. The molecule has 9 heteroatoms. The fourth-order valence-electron chi connectivity index (χ4n) is 2.73. The van der Waals surface area contributed by atoms with Crippen LogP contribution in [0.1, 0.15) is 35.3 Å². The second kappa shape index (κ2) is 10.8. The number of nitrogens with one attached hydrogen (secondary N) is 3. The van der Waals surface area contributed by atoms with Crippen molar-refractivity contribution in [1.82, 2.24) is 10.6 Å². The van der Waals surface area contributed by atoms with E-state index in [-0.39, 0.29) is 5.11 Å². The van der Waals surface area contributed by atoms with Crippen LogP contribution in [0.3, 0.4) is 0 Å². The number of rotatable bonds is 6. The summed E-state index contributed by atoms with van der Waals surface area (Å²) in [5.41, 5.74) is 3.59. The van der Waals surface area contributed by atoms with Crippen molar-refractivity contribution in [1.29, 1.82) is 0 Å². The number of carbonyl (C=O) groups excluding carboxylic acids is 1. The van der Waals surface area contributed by atoms with Crippen LogP contribution < -0.4 is 16.0 Å². The lowest BCUT2D eigenvalue weighted by Crippen LogP contribution is -2.56. The Morgan fingerprint density at radius 3 is 2.17 bits per heavy atom. The van der Waals surface area contributed by atoms with Gasteiger partial charge in [-0.05, 0) is 54.4 Å². The van der Waals surface area contributed by atoms with Crippen LogP contribution in [-0.2, 0) is 12.8 Å². The summed E-state index contributed by atoms with van der Waals surface area (Å²) in [5, 5.41) is 9.02. The van der Waals surface area contributed by atoms with Gasteiger partial charge in [0.1, 0.15) is 6.17 Å². The highest BCUT2D eigenvalue weighted by Crippen LogP contribution is 2.30. The molecule has 29 heavy (non-hydrogen) atoms. The number of halogens is 4. The number of aryl methyl sites for hydroxylation is 2. The zero-order valence-corrected chi connectivity index (χ0v) is 20.5. The molecule has 0 fully saturated rings. The Hall–Kier alpha value is -1.05. The molecule has 2 aromatic rings. The number of hydrogen-bond acceptors (Lipinski definition) is 2. The van der Waals surface area contributed by atoms with Crippen molar-refractivity contribution in [2.24, 2.45) is 0 Å². The fourth-order valence-corrected chi connectivity index (χ4v) is 3.67. The number of alkyl halides is 3. The summed E-state index contributed by atoms with van der Waals surface area (Å²) in [6.45, 7) is 4.14. The van der Waals surface area contributed by atoms with E-state index in [1.807, 2.05) is 24.3 Å². The molecule has 2 rings (SSSR count). The molecule has 0 aromatic heterocycles. The van der Waals surface area contributed by atoms with Crippen molar-refractivity contribution >= 4 is 79.7 Å². The molecule has 0 saturated heterocycles. The molecule has 156 valence electrons. The first-order chi connectivity index (χ1) is 13.7. The molecule has 0 saturated carbocycles. The lowest BCUT2D eigenvalue weighted by atomic mass is 10.0. The third-order valence-corrected chi connectivity index (χ3v) is 5.57. The highest BCUT2D eigenvalue weighted by atomic mass is 79.9. The Morgan fingerprint density at radius 2 is 1.66 bits per heavy atom. The summed E-state index contributed by atoms with van der Waals surface area (Å²) < 4.78 is -1.06. The van der Waals surface area contributed by atoms with Crippen molar-refractivity contribution < 1.29 is 4.79 Å². The summed E-state index contributed by atoms with van der Waals surface area (Å²) in [6.07, 6.45) is 0.635. The van der Waals surface area contributed by atoms with Crippen LogP contribution in [0.4, 0.5) is 5.69 Å². The molecule has 1 atom stereocenters. The van der Waals surface area contributed by atoms with Gasteiger partial charge in [0.2, 0.25) is 3.79 Å². The summed E-state index contributed by atoms with van der Waals surface area (Å²) in [4.78, 5) is 12.6. The van der Waals surface area contributed by atoms with Gasteiger partial charge < -0.3 is 16.0 Å². The molecule has 3 N–H and O–H groups in total. The van der Waals surface area contributed by atoms with Crippen molar-refractivity contribution in [3.05, 3.63) is 63.6 Å². The molecule has 1 unspecified atom stereocenters. The summed E-state index contributed by atoms with van der Waals surface area (Å²) in [6, 6.07) is 13.0. The second-order valence-electron chi connectivity index (χ2n) is 6.22. The van der Waals surface area contributed by atoms with Crippen molar-refractivity contribution in [3.63, 3.8) is 0 Å². The smallest absolute Gasteiger partial charge is 0.253 e. The molecular formula is C20H21BrCl3N3OS. The molecule has 0 bridgehead atoms. The first-order valence-corrected chi connectivity index (χ1v) is 11.3. The van der Waals surface area contributed by atoms with Gasteiger partial charge in [0, 0.05) is 15.7 Å². The van der Waals surface area contributed by atoms with Crippen LogP contribution >= 0.6 is 63.0 Å². The van der Waals surface area contributed by atoms with E-state index in [9.17, 15) is 4.79 Å². The van der Waals surface area contributed by atoms with E-state index < -0.39 is 15.9 Å². The molecule has 0 aliphatic heterocycles. The predicted molar refractivity (Wildman–Crippen MR) is 130 cm³/mol. The molecule has 0 heterocycles. The fraction of sp³-hybridized carbons (Fsp3) is 0.300. The number of para-hydroxylation sites is 1. The van der Waals surface area contributed by atoms with Crippen molar-refractivity contribution in [2.75, 3.05) is 5.32 Å². The predicted octanol–water partition coefficient (Wildman–Crippen LogP) is 5.99. The number of anilines is 1. The average Bonchev–Trinajstić information content (AvgIpc) is 2.66. The number of thiocarbonyl (C=S) groups is 1. The van der Waals surface area contributed by atoms with Gasteiger partial charge in [-0.25, -0.2) is 0 Å². The quantitative estimate of drug-likeness (QED) is 0.241. The van der Waals surface area contributed by atoms with Crippen LogP contribution in [0.2, 0.25) is 0 Å². The van der Waals surface area contributed by atoms with Crippen molar-refractivity contribution in [3.8, 4) is 0 Å². The third-order valence-electron chi connectivity index (χ3n) is 4.20. The van der Waals surface area contributed by atoms with E-state index in [0.717, 1.165) is 34.1 Å². The lowest BCUT2D eigenvalue weighted by Gasteiger charge is -2.28. The van der Waals surface area contributed by atoms with Crippen LogP contribution in [0.15, 0.2) is 46.9 Å². The Labute approximate surface area is 199 Å². The standard InChI is InChI=1S/C20H21BrCl3N3OS/c1-3-12-7-5-8-13(4-2)16(12)25-19(29)27-18(20(22,23)24)26-17(28)14-9-6-10-15(21)11-14/h5-11,18H,3-4H2,1-2H3,(H,26,28)(H2,25,27,29). The van der Waals surface area contributed by atoms with Gasteiger partial charge in [-0.15, -0.1) is 0 Å². The van der Waals surface area contributed by atoms with E-state index in [1.165, 1.54) is 0 Å². The maximum absolute atomic E-state index is 12.6. The molecular weight excluding hydrogens is 517 g/mol. The van der Waals surface area contributed by atoms with E-state index >= 15 is 0 Å². The van der Waals surface area contributed by atoms with Gasteiger partial charge in [0.15, 0.2) is 5.11 Å². The minimum absolute atomic E-state index is 0.242. The number of carbonyl (C=O) groups is 1. The van der Waals surface area contributed by atoms with Gasteiger partial charge >= 0.3 is 0 Å². The van der Waals surface area contributed by atoms with E-state index in [1.54, 1.807) is 18.2 Å². The molecule has 0 radical (unpaired) electrons. The van der Waals surface area contributed by atoms with E-state index in [2.05, 4.69) is 45.7 Å². The highest BCUT2D eigenvalue weighted by molar-refractivity contribution is 9.10. The van der Waals surface area contributed by atoms with E-state index in [0.29, 0.717) is 5.56 Å². The lowest BCUT2D eigenvalue weighted by molar-refractivity contribution is 0.0934. The van der Waals surface area contributed by atoms with E-state index in [4.69, 9.17) is 47.0 Å². The van der Waals surface area contributed by atoms with Gasteiger partial charge in [0.25, 0.3) is 5.91 Å². The molecule has 2 aromatic carbocycles. The Balaban J connectivity index is 2.17. The van der Waals surface area contributed by atoms with Crippen LogP contribution in [0, 0.1) is 0 Å². The van der Waals surface area contributed by atoms with Crippen LogP contribution in [0.5, 0.6) is 0 Å². The Morgan fingerprint density at radius 1 is 1.07 bits per heavy atom. The zero-order valence-electron chi connectivity index (χ0n) is 15.9. The maximum atomic E-state index is 12.6. The number of amides is 1. The summed E-state index contributed by atoms with van der Waals surface area (Å²) in [7, 11) is 0. The van der Waals surface area contributed by atoms with Crippen molar-refractivity contribution in [2.45, 2.75) is 36.6 Å². The molecule has 0 spiro atoms. The zero-order chi connectivity index (χ0) is 21.6. The largest absolute Gasteiger partial charge is 0.339 e. The maximum Gasteiger partial charge on any atom is 0.253 e. The molecule has 0 aliphatic carbocycles. The molecule has 1 amide bonds. The van der Waals surface area contributed by atoms with Gasteiger partial charge in [-0.2, -0.15) is 0 Å². The SMILES string of the molecule is CCc1cccc(CC)c1NC(=S)NC(NC(=O)c1cccc(Br)c1)C(Cl)(Cl)Cl. The summed E-state index contributed by atoms with van der Waals surface area (Å²) >= 11 is 27.0.